The number of hydrogen-bond donors (Lipinski definition) is 1. The molecule has 1 heterocycles. The molecule has 0 saturated carbocycles. The van der Waals surface area contributed by atoms with Crippen LogP contribution in [0.15, 0.2) is 48.3 Å². The lowest BCUT2D eigenvalue weighted by Crippen LogP contribution is -2.35. The van der Waals surface area contributed by atoms with Crippen molar-refractivity contribution >= 4 is 12.0 Å². The van der Waals surface area contributed by atoms with Crippen LogP contribution in [-0.2, 0) is 10.7 Å². The van der Waals surface area contributed by atoms with Crippen LogP contribution in [0.3, 0.4) is 0 Å². The fraction of sp³-hybridized carbons (Fsp3) is 0.176. The summed E-state index contributed by atoms with van der Waals surface area (Å²) >= 11 is 0. The molecule has 1 aromatic heterocycles. The van der Waals surface area contributed by atoms with Crippen LogP contribution in [-0.4, -0.2) is 17.4 Å². The molecule has 126 valence electrons. The molecule has 1 N–H and O–H groups in total. The van der Waals surface area contributed by atoms with E-state index < -0.39 is 35.6 Å². The number of aromatic nitrogens is 1. The number of halogens is 4. The number of carbonyl (C=O) groups excluding carboxylic acids is 1. The first-order valence-electron chi connectivity index (χ1n) is 6.99. The molecule has 2 rings (SSSR count). The summed E-state index contributed by atoms with van der Waals surface area (Å²) < 4.78 is 54.3. The largest absolute Gasteiger partial charge is 0.346 e. The Morgan fingerprint density at radius 3 is 2.50 bits per heavy atom. The van der Waals surface area contributed by atoms with E-state index in [1.165, 1.54) is 25.4 Å². The van der Waals surface area contributed by atoms with E-state index in [4.69, 9.17) is 0 Å². The van der Waals surface area contributed by atoms with Gasteiger partial charge in [-0.25, -0.2) is 8.78 Å². The van der Waals surface area contributed by atoms with Crippen LogP contribution in [0.5, 0.6) is 0 Å². The van der Waals surface area contributed by atoms with Crippen LogP contribution in [0, 0.1) is 11.6 Å². The van der Waals surface area contributed by atoms with Crippen LogP contribution in [0.25, 0.3) is 6.08 Å². The van der Waals surface area contributed by atoms with E-state index in [0.29, 0.717) is 17.7 Å². The summed E-state index contributed by atoms with van der Waals surface area (Å²) in [6, 6.07) is 5.08. The second-order valence-corrected chi connectivity index (χ2v) is 5.12. The molecule has 0 aliphatic heterocycles. The van der Waals surface area contributed by atoms with E-state index in [1.54, 1.807) is 12.1 Å². The Kier molecular flexibility index (Phi) is 5.33. The molecule has 1 amide bonds. The molecule has 24 heavy (non-hydrogen) atoms. The summed E-state index contributed by atoms with van der Waals surface area (Å²) in [6.07, 6.45) is 4.57. The second kappa shape index (κ2) is 7.25. The topological polar surface area (TPSA) is 42.0 Å². The van der Waals surface area contributed by atoms with Crippen molar-refractivity contribution in [1.29, 1.82) is 0 Å². The lowest BCUT2D eigenvalue weighted by Gasteiger charge is -2.18. The Labute approximate surface area is 136 Å². The maximum Gasteiger partial charge on any atom is 0.292 e. The first-order valence-corrected chi connectivity index (χ1v) is 6.99. The monoisotopic (exact) mass is 338 g/mol. The molecule has 0 aliphatic carbocycles. The smallest absolute Gasteiger partial charge is 0.292 e. The fourth-order valence-corrected chi connectivity index (χ4v) is 1.99. The van der Waals surface area contributed by atoms with E-state index in [0.717, 1.165) is 6.07 Å². The van der Waals surface area contributed by atoms with Crippen molar-refractivity contribution in [1.82, 2.24) is 10.3 Å². The Balaban J connectivity index is 2.06. The number of hydrogen-bond acceptors (Lipinski definition) is 2. The van der Waals surface area contributed by atoms with Crippen LogP contribution in [0.4, 0.5) is 17.6 Å². The van der Waals surface area contributed by atoms with Crippen molar-refractivity contribution < 1.29 is 22.4 Å². The van der Waals surface area contributed by atoms with Crippen LogP contribution in [0.1, 0.15) is 18.1 Å². The molecular weight excluding hydrogens is 324 g/mol. The average molecular weight is 338 g/mol. The van der Waals surface area contributed by atoms with E-state index in [2.05, 4.69) is 10.3 Å². The molecule has 2 aromatic rings. The van der Waals surface area contributed by atoms with Gasteiger partial charge in [0.15, 0.2) is 0 Å². The van der Waals surface area contributed by atoms with E-state index in [1.807, 2.05) is 0 Å². The van der Waals surface area contributed by atoms with Gasteiger partial charge >= 0.3 is 0 Å². The van der Waals surface area contributed by atoms with E-state index in [9.17, 15) is 22.4 Å². The van der Waals surface area contributed by atoms with Gasteiger partial charge in [-0.2, -0.15) is 8.78 Å². The van der Waals surface area contributed by atoms with Crippen molar-refractivity contribution in [3.05, 3.63) is 71.1 Å². The van der Waals surface area contributed by atoms with Crippen molar-refractivity contribution in [2.24, 2.45) is 0 Å². The summed E-state index contributed by atoms with van der Waals surface area (Å²) in [4.78, 5) is 15.7. The predicted octanol–water partition coefficient (Wildman–Crippen LogP) is 3.67. The summed E-state index contributed by atoms with van der Waals surface area (Å²) in [5, 5.41) is 2.05. The Hall–Kier alpha value is -2.70. The van der Waals surface area contributed by atoms with Gasteiger partial charge in [-0.3, -0.25) is 9.78 Å². The third kappa shape index (κ3) is 4.41. The van der Waals surface area contributed by atoms with Gasteiger partial charge in [0.05, 0.1) is 12.1 Å². The second-order valence-electron chi connectivity index (χ2n) is 5.12. The number of nitrogens with one attached hydrogen (secondary N) is 1. The van der Waals surface area contributed by atoms with Crippen molar-refractivity contribution in [3.63, 3.8) is 0 Å². The van der Waals surface area contributed by atoms with E-state index in [-0.39, 0.29) is 5.57 Å². The zero-order valence-electron chi connectivity index (χ0n) is 12.7. The molecular formula is C17H14F4N2O. The Morgan fingerprint density at radius 1 is 1.21 bits per heavy atom. The normalized spacial score (nSPS) is 12.1. The third-order valence-corrected chi connectivity index (χ3v) is 3.24. The molecule has 0 saturated heterocycles. The standard InChI is InChI=1S/C17H14F4N2O/c1-11(8-12-4-6-22-7-5-12)16(24)23-10-17(20,21)14-3-2-13(18)9-15(14)19/h2-9H,10H2,1H3,(H,23,24). The quantitative estimate of drug-likeness (QED) is 0.668. The van der Waals surface area contributed by atoms with Crippen molar-refractivity contribution in [2.75, 3.05) is 6.54 Å². The fourth-order valence-electron chi connectivity index (χ4n) is 1.99. The molecule has 0 fully saturated rings. The van der Waals surface area contributed by atoms with Crippen LogP contribution in [0.2, 0.25) is 0 Å². The highest BCUT2D eigenvalue weighted by molar-refractivity contribution is 5.97. The zero-order valence-corrected chi connectivity index (χ0v) is 12.7. The van der Waals surface area contributed by atoms with Gasteiger partial charge in [-0.05, 0) is 42.8 Å². The van der Waals surface area contributed by atoms with E-state index >= 15 is 0 Å². The SMILES string of the molecule is CC(=Cc1ccncc1)C(=O)NCC(F)(F)c1ccc(F)cc1F. The molecule has 0 spiro atoms. The van der Waals surface area contributed by atoms with Crippen molar-refractivity contribution in [2.45, 2.75) is 12.8 Å². The average Bonchev–Trinajstić information content (AvgIpc) is 2.53. The maximum atomic E-state index is 14.0. The van der Waals surface area contributed by atoms with Gasteiger partial charge in [-0.15, -0.1) is 0 Å². The van der Waals surface area contributed by atoms with Gasteiger partial charge in [0.1, 0.15) is 11.6 Å². The number of benzene rings is 1. The number of amides is 1. The summed E-state index contributed by atoms with van der Waals surface area (Å²) in [7, 11) is 0. The predicted molar refractivity (Wildman–Crippen MR) is 81.1 cm³/mol. The molecule has 3 nitrogen and oxygen atoms in total. The molecule has 7 heteroatoms. The highest BCUT2D eigenvalue weighted by Gasteiger charge is 2.35. The zero-order chi connectivity index (χ0) is 17.7. The molecule has 0 aliphatic rings. The molecule has 0 radical (unpaired) electrons. The third-order valence-electron chi connectivity index (χ3n) is 3.24. The molecule has 0 atom stereocenters. The van der Waals surface area contributed by atoms with Gasteiger partial charge in [-0.1, -0.05) is 0 Å². The molecule has 0 bridgehead atoms. The van der Waals surface area contributed by atoms with Gasteiger partial charge in [0.2, 0.25) is 5.91 Å². The highest BCUT2D eigenvalue weighted by atomic mass is 19.3. The van der Waals surface area contributed by atoms with Crippen LogP contribution >= 0.6 is 0 Å². The lowest BCUT2D eigenvalue weighted by atomic mass is 10.1. The summed E-state index contributed by atoms with van der Waals surface area (Å²) in [5.74, 6) is -6.69. The van der Waals surface area contributed by atoms with Gasteiger partial charge in [0, 0.05) is 24.0 Å². The van der Waals surface area contributed by atoms with Crippen molar-refractivity contribution in [3.8, 4) is 0 Å². The maximum absolute atomic E-state index is 14.0. The first-order chi connectivity index (χ1) is 11.3. The molecule has 1 aromatic carbocycles. The minimum atomic E-state index is -3.66. The number of rotatable bonds is 5. The van der Waals surface area contributed by atoms with Gasteiger partial charge < -0.3 is 5.32 Å². The Morgan fingerprint density at radius 2 is 1.88 bits per heavy atom. The van der Waals surface area contributed by atoms with Crippen LogP contribution < -0.4 is 5.32 Å². The number of nitrogens with zero attached hydrogens (tertiary/aromatic N) is 1. The minimum absolute atomic E-state index is 0.205. The number of pyridine rings is 1. The number of carbonyl (C=O) groups is 1. The molecule has 0 unspecified atom stereocenters. The minimum Gasteiger partial charge on any atom is -0.346 e. The highest BCUT2D eigenvalue weighted by Crippen LogP contribution is 2.29. The first kappa shape index (κ1) is 17.7. The summed E-state index contributed by atoms with van der Waals surface area (Å²) in [6.45, 7) is 0.363. The summed E-state index contributed by atoms with van der Waals surface area (Å²) in [5.41, 5.74) is -0.0782. The van der Waals surface area contributed by atoms with Gasteiger partial charge in [0.25, 0.3) is 5.92 Å². The number of alkyl halides is 2. The Bertz CT molecular complexity index is 760. The lowest BCUT2D eigenvalue weighted by molar-refractivity contribution is -0.119.